The third-order valence-corrected chi connectivity index (χ3v) is 4.36. The number of nitrogens with one attached hydrogen (secondary N) is 1. The molecule has 0 amide bonds. The van der Waals surface area contributed by atoms with Crippen LogP contribution in [0.15, 0.2) is 0 Å². The lowest BCUT2D eigenvalue weighted by Crippen LogP contribution is -2.37. The Morgan fingerprint density at radius 3 is 2.60 bits per heavy atom. The second-order valence-corrected chi connectivity index (χ2v) is 5.99. The Morgan fingerprint density at radius 1 is 1.20 bits per heavy atom. The Morgan fingerprint density at radius 2 is 1.95 bits per heavy atom. The van der Waals surface area contributed by atoms with Crippen molar-refractivity contribution in [3.8, 4) is 0 Å². The van der Waals surface area contributed by atoms with E-state index in [4.69, 9.17) is 14.7 Å². The first kappa shape index (κ1) is 15.8. The fourth-order valence-electron chi connectivity index (χ4n) is 2.15. The van der Waals surface area contributed by atoms with Gasteiger partial charge in [-0.1, -0.05) is 20.3 Å². The fourth-order valence-corrected chi connectivity index (χ4v) is 2.85. The number of morpholine rings is 1. The van der Waals surface area contributed by atoms with Crippen molar-refractivity contribution in [2.24, 2.45) is 0 Å². The van der Waals surface area contributed by atoms with E-state index in [1.165, 1.54) is 0 Å². The van der Waals surface area contributed by atoms with Crippen LogP contribution in [-0.4, -0.2) is 42.8 Å². The van der Waals surface area contributed by atoms with Gasteiger partial charge in [-0.25, -0.2) is 4.98 Å². The van der Waals surface area contributed by atoms with Gasteiger partial charge in [-0.15, -0.1) is 0 Å². The highest BCUT2D eigenvalue weighted by molar-refractivity contribution is 14.1. The van der Waals surface area contributed by atoms with Crippen molar-refractivity contribution in [2.45, 2.75) is 33.1 Å². The zero-order valence-corrected chi connectivity index (χ0v) is 14.4. The van der Waals surface area contributed by atoms with Gasteiger partial charge in [0.1, 0.15) is 5.82 Å². The molecule has 1 aliphatic rings. The topological polar surface area (TPSA) is 50.3 Å². The van der Waals surface area contributed by atoms with Gasteiger partial charge in [0.05, 0.1) is 22.5 Å². The van der Waals surface area contributed by atoms with Crippen LogP contribution in [0.2, 0.25) is 0 Å². The molecule has 6 heteroatoms. The fraction of sp³-hybridized carbons (Fsp3) is 0.714. The third-order valence-electron chi connectivity index (χ3n) is 3.23. The maximum absolute atomic E-state index is 5.40. The van der Waals surface area contributed by atoms with E-state index in [2.05, 4.69) is 46.7 Å². The lowest BCUT2D eigenvalue weighted by molar-refractivity contribution is 0.122. The number of hydrogen-bond donors (Lipinski definition) is 1. The van der Waals surface area contributed by atoms with Crippen molar-refractivity contribution >= 4 is 34.4 Å². The first-order chi connectivity index (χ1) is 9.76. The van der Waals surface area contributed by atoms with E-state index < -0.39 is 0 Å². The average Bonchev–Trinajstić information content (AvgIpc) is 2.49. The maximum Gasteiger partial charge on any atom is 0.227 e. The standard InChI is InChI=1S/C14H23IN4O/c1-3-5-11-12(15)13(16-6-4-2)18-14(17-11)19-7-9-20-10-8-19/h3-10H2,1-2H3,(H,16,17,18). The van der Waals surface area contributed by atoms with Crippen LogP contribution >= 0.6 is 22.6 Å². The Balaban J connectivity index is 2.27. The highest BCUT2D eigenvalue weighted by Crippen LogP contribution is 2.24. The molecule has 2 heterocycles. The maximum atomic E-state index is 5.40. The number of rotatable bonds is 6. The van der Waals surface area contributed by atoms with Crippen LogP contribution < -0.4 is 10.2 Å². The minimum Gasteiger partial charge on any atom is -0.378 e. The van der Waals surface area contributed by atoms with Crippen molar-refractivity contribution < 1.29 is 4.74 Å². The number of anilines is 2. The number of aryl methyl sites for hydroxylation is 1. The SMILES string of the molecule is CCCNc1nc(N2CCOCC2)nc(CCC)c1I. The normalized spacial score (nSPS) is 15.4. The molecule has 0 aliphatic carbocycles. The zero-order chi connectivity index (χ0) is 14.4. The Hall–Kier alpha value is -0.630. The van der Waals surface area contributed by atoms with Crippen LogP contribution in [0.4, 0.5) is 11.8 Å². The summed E-state index contributed by atoms with van der Waals surface area (Å²) in [7, 11) is 0. The number of ether oxygens (including phenoxy) is 1. The van der Waals surface area contributed by atoms with Gasteiger partial charge in [-0.2, -0.15) is 4.98 Å². The molecule has 0 bridgehead atoms. The highest BCUT2D eigenvalue weighted by Gasteiger charge is 2.18. The molecule has 1 fully saturated rings. The van der Waals surface area contributed by atoms with E-state index in [-0.39, 0.29) is 0 Å². The third kappa shape index (κ3) is 3.94. The molecule has 20 heavy (non-hydrogen) atoms. The molecule has 2 rings (SSSR count). The second-order valence-electron chi connectivity index (χ2n) is 4.91. The summed E-state index contributed by atoms with van der Waals surface area (Å²) in [6, 6.07) is 0. The van der Waals surface area contributed by atoms with Crippen LogP contribution in [-0.2, 0) is 11.2 Å². The van der Waals surface area contributed by atoms with Gasteiger partial charge in [-0.05, 0) is 35.4 Å². The molecule has 0 radical (unpaired) electrons. The summed E-state index contributed by atoms with van der Waals surface area (Å²) in [6.45, 7) is 8.56. The van der Waals surface area contributed by atoms with Crippen molar-refractivity contribution in [1.29, 1.82) is 0 Å². The molecule has 1 saturated heterocycles. The molecule has 112 valence electrons. The summed E-state index contributed by atoms with van der Waals surface area (Å²) < 4.78 is 6.57. The molecule has 5 nitrogen and oxygen atoms in total. The van der Waals surface area contributed by atoms with E-state index in [0.29, 0.717) is 0 Å². The second kappa shape index (κ2) is 7.97. The van der Waals surface area contributed by atoms with Crippen molar-refractivity contribution in [2.75, 3.05) is 43.1 Å². The smallest absolute Gasteiger partial charge is 0.227 e. The van der Waals surface area contributed by atoms with Gasteiger partial charge >= 0.3 is 0 Å². The van der Waals surface area contributed by atoms with Gasteiger partial charge in [0.25, 0.3) is 0 Å². The summed E-state index contributed by atoms with van der Waals surface area (Å²) in [6.07, 6.45) is 3.19. The van der Waals surface area contributed by atoms with E-state index in [9.17, 15) is 0 Å². The largest absolute Gasteiger partial charge is 0.378 e. The number of nitrogens with zero attached hydrogens (tertiary/aromatic N) is 3. The Bertz CT molecular complexity index is 435. The summed E-state index contributed by atoms with van der Waals surface area (Å²) >= 11 is 2.36. The monoisotopic (exact) mass is 390 g/mol. The average molecular weight is 390 g/mol. The van der Waals surface area contributed by atoms with Gasteiger partial charge in [0.15, 0.2) is 0 Å². The summed E-state index contributed by atoms with van der Waals surface area (Å²) in [4.78, 5) is 11.7. The summed E-state index contributed by atoms with van der Waals surface area (Å²) in [5.74, 6) is 1.82. The van der Waals surface area contributed by atoms with Crippen LogP contribution in [0.3, 0.4) is 0 Å². The van der Waals surface area contributed by atoms with Crippen LogP contribution in [0.25, 0.3) is 0 Å². The van der Waals surface area contributed by atoms with Crippen molar-refractivity contribution in [1.82, 2.24) is 9.97 Å². The predicted octanol–water partition coefficient (Wildman–Crippen LogP) is 2.69. The Kier molecular flexibility index (Phi) is 6.28. The quantitative estimate of drug-likeness (QED) is 0.757. The lowest BCUT2D eigenvalue weighted by atomic mass is 10.2. The number of halogens is 1. The van der Waals surface area contributed by atoms with Crippen LogP contribution in [0, 0.1) is 3.57 Å². The van der Waals surface area contributed by atoms with Crippen molar-refractivity contribution in [3.63, 3.8) is 0 Å². The summed E-state index contributed by atoms with van der Waals surface area (Å²) in [5, 5.41) is 3.42. The first-order valence-corrected chi connectivity index (χ1v) is 8.47. The zero-order valence-electron chi connectivity index (χ0n) is 12.3. The minimum absolute atomic E-state index is 0.760. The lowest BCUT2D eigenvalue weighted by Gasteiger charge is -2.27. The molecule has 0 aromatic carbocycles. The van der Waals surface area contributed by atoms with Crippen LogP contribution in [0.1, 0.15) is 32.4 Å². The molecular formula is C14H23IN4O. The molecule has 0 unspecified atom stereocenters. The first-order valence-electron chi connectivity index (χ1n) is 7.39. The molecule has 0 saturated carbocycles. The van der Waals surface area contributed by atoms with Gasteiger partial charge in [0, 0.05) is 19.6 Å². The molecule has 0 atom stereocenters. The molecule has 0 spiro atoms. The molecule has 1 aromatic rings. The Labute approximate surface area is 134 Å². The molecule has 1 aromatic heterocycles. The molecule has 1 N–H and O–H groups in total. The van der Waals surface area contributed by atoms with Crippen LogP contribution in [0.5, 0.6) is 0 Å². The highest BCUT2D eigenvalue weighted by atomic mass is 127. The predicted molar refractivity (Wildman–Crippen MR) is 90.6 cm³/mol. The molecule has 1 aliphatic heterocycles. The van der Waals surface area contributed by atoms with E-state index in [1.54, 1.807) is 0 Å². The minimum atomic E-state index is 0.760. The van der Waals surface area contributed by atoms with Gasteiger partial charge in [0.2, 0.25) is 5.95 Å². The van der Waals surface area contributed by atoms with E-state index in [1.807, 2.05) is 0 Å². The van der Waals surface area contributed by atoms with Crippen molar-refractivity contribution in [3.05, 3.63) is 9.26 Å². The van der Waals surface area contributed by atoms with E-state index >= 15 is 0 Å². The summed E-state index contributed by atoms with van der Waals surface area (Å²) in [5.41, 5.74) is 1.16. The van der Waals surface area contributed by atoms with E-state index in [0.717, 1.165) is 73.1 Å². The molecular weight excluding hydrogens is 367 g/mol. The number of hydrogen-bond acceptors (Lipinski definition) is 5. The van der Waals surface area contributed by atoms with Gasteiger partial charge < -0.3 is 15.0 Å². The number of aromatic nitrogens is 2. The van der Waals surface area contributed by atoms with Gasteiger partial charge in [-0.3, -0.25) is 0 Å².